The maximum atomic E-state index is 11.9. The zero-order chi connectivity index (χ0) is 12.4. The first-order valence-corrected chi connectivity index (χ1v) is 6.75. The zero-order valence-corrected chi connectivity index (χ0v) is 11.9. The summed E-state index contributed by atoms with van der Waals surface area (Å²) in [5.41, 5.74) is 1.70. The van der Waals surface area contributed by atoms with E-state index in [9.17, 15) is 4.79 Å². The van der Waals surface area contributed by atoms with Crippen molar-refractivity contribution in [1.29, 1.82) is 0 Å². The molecule has 1 amide bonds. The van der Waals surface area contributed by atoms with E-state index in [0.29, 0.717) is 5.02 Å². The van der Waals surface area contributed by atoms with Crippen LogP contribution in [0.2, 0.25) is 5.02 Å². The van der Waals surface area contributed by atoms with Crippen LogP contribution in [0.4, 0.5) is 5.69 Å². The minimum atomic E-state index is -0.0815. The zero-order valence-electron chi connectivity index (χ0n) is 9.52. The van der Waals surface area contributed by atoms with Crippen molar-refractivity contribution in [2.45, 2.75) is 25.8 Å². The van der Waals surface area contributed by atoms with E-state index in [4.69, 9.17) is 11.6 Å². The number of carbonyl (C=O) groups is 1. The summed E-state index contributed by atoms with van der Waals surface area (Å²) in [5.74, 6) is 0.00289. The summed E-state index contributed by atoms with van der Waals surface area (Å²) in [5, 5.41) is 6.70. The van der Waals surface area contributed by atoms with E-state index in [1.54, 1.807) is 6.07 Å². The molecule has 0 radical (unpaired) electrons. The van der Waals surface area contributed by atoms with Gasteiger partial charge >= 0.3 is 0 Å². The van der Waals surface area contributed by atoms with Crippen molar-refractivity contribution in [1.82, 2.24) is 5.32 Å². The molecule has 0 spiro atoms. The highest BCUT2D eigenvalue weighted by molar-refractivity contribution is 9.10. The van der Waals surface area contributed by atoms with E-state index in [1.165, 1.54) is 0 Å². The fourth-order valence-corrected chi connectivity index (χ4v) is 2.59. The van der Waals surface area contributed by atoms with E-state index in [0.717, 1.165) is 35.1 Å². The van der Waals surface area contributed by atoms with Gasteiger partial charge in [-0.05, 0) is 59.9 Å². The van der Waals surface area contributed by atoms with Gasteiger partial charge in [0.1, 0.15) is 0 Å². The van der Waals surface area contributed by atoms with Crippen molar-refractivity contribution in [2.24, 2.45) is 0 Å². The predicted octanol–water partition coefficient (Wildman–Crippen LogP) is 3.10. The number of rotatable bonds is 2. The Labute approximate surface area is 114 Å². The van der Waals surface area contributed by atoms with Crippen LogP contribution in [-0.4, -0.2) is 18.5 Å². The molecule has 1 aromatic carbocycles. The van der Waals surface area contributed by atoms with Crippen LogP contribution < -0.4 is 10.6 Å². The Kier molecular flexibility index (Phi) is 4.07. The van der Waals surface area contributed by atoms with Crippen molar-refractivity contribution in [2.75, 3.05) is 11.9 Å². The third-order valence-corrected chi connectivity index (χ3v) is 3.95. The largest absolute Gasteiger partial charge is 0.324 e. The lowest BCUT2D eigenvalue weighted by atomic mass is 10.2. The molecule has 5 heteroatoms. The highest BCUT2D eigenvalue weighted by Gasteiger charge is 2.22. The summed E-state index contributed by atoms with van der Waals surface area (Å²) in [6, 6.07) is 3.59. The van der Waals surface area contributed by atoms with Crippen LogP contribution in [0.5, 0.6) is 0 Å². The molecule has 1 aliphatic rings. The predicted molar refractivity (Wildman–Crippen MR) is 73.5 cm³/mol. The molecular formula is C12H14BrClN2O. The fraction of sp³-hybridized carbons (Fsp3) is 0.417. The summed E-state index contributed by atoms with van der Waals surface area (Å²) >= 11 is 9.47. The number of amides is 1. The molecule has 1 saturated heterocycles. The van der Waals surface area contributed by atoms with Gasteiger partial charge in [-0.25, -0.2) is 0 Å². The average molecular weight is 318 g/mol. The SMILES string of the molecule is Cc1cc(Br)c(NC(=O)[C@@H]2CCCN2)cc1Cl. The molecule has 1 fully saturated rings. The monoisotopic (exact) mass is 316 g/mol. The minimum Gasteiger partial charge on any atom is -0.324 e. The molecule has 1 atom stereocenters. The Balaban J connectivity index is 2.12. The number of aryl methyl sites for hydroxylation is 1. The molecule has 2 N–H and O–H groups in total. The van der Waals surface area contributed by atoms with Crippen LogP contribution in [0.15, 0.2) is 16.6 Å². The molecule has 0 aliphatic carbocycles. The number of nitrogens with one attached hydrogen (secondary N) is 2. The van der Waals surface area contributed by atoms with Crippen molar-refractivity contribution in [3.05, 3.63) is 27.2 Å². The maximum Gasteiger partial charge on any atom is 0.241 e. The van der Waals surface area contributed by atoms with Gasteiger partial charge in [0.05, 0.1) is 11.7 Å². The molecule has 1 aliphatic heterocycles. The van der Waals surface area contributed by atoms with Crippen molar-refractivity contribution in [3.63, 3.8) is 0 Å². The van der Waals surface area contributed by atoms with E-state index in [1.807, 2.05) is 13.0 Å². The summed E-state index contributed by atoms with van der Waals surface area (Å²) in [7, 11) is 0. The lowest BCUT2D eigenvalue weighted by Gasteiger charge is -2.13. The summed E-state index contributed by atoms with van der Waals surface area (Å²) in [6.07, 6.45) is 1.94. The van der Waals surface area contributed by atoms with Crippen molar-refractivity contribution in [3.8, 4) is 0 Å². The highest BCUT2D eigenvalue weighted by Crippen LogP contribution is 2.29. The van der Waals surface area contributed by atoms with Gasteiger partial charge in [-0.1, -0.05) is 11.6 Å². The Morgan fingerprint density at radius 1 is 1.59 bits per heavy atom. The number of anilines is 1. The molecule has 0 bridgehead atoms. The molecule has 1 aromatic rings. The highest BCUT2D eigenvalue weighted by atomic mass is 79.9. The third kappa shape index (κ3) is 3.00. The standard InChI is InChI=1S/C12H14BrClN2O/c1-7-5-8(13)11(6-9(7)14)16-12(17)10-3-2-4-15-10/h5-6,10,15H,2-4H2,1H3,(H,16,17)/t10-/m0/s1. The maximum absolute atomic E-state index is 11.9. The summed E-state index contributed by atoms with van der Waals surface area (Å²) in [6.45, 7) is 2.84. The molecule has 17 heavy (non-hydrogen) atoms. The fourth-order valence-electron chi connectivity index (χ4n) is 1.87. The molecule has 92 valence electrons. The molecule has 0 unspecified atom stereocenters. The van der Waals surface area contributed by atoms with Crippen LogP contribution in [0.1, 0.15) is 18.4 Å². The smallest absolute Gasteiger partial charge is 0.241 e. The Morgan fingerprint density at radius 2 is 2.35 bits per heavy atom. The Morgan fingerprint density at radius 3 is 3.00 bits per heavy atom. The Hall–Kier alpha value is -0.580. The summed E-state index contributed by atoms with van der Waals surface area (Å²) in [4.78, 5) is 11.9. The van der Waals surface area contributed by atoms with Crippen molar-refractivity contribution >= 4 is 39.1 Å². The van der Waals surface area contributed by atoms with Crippen LogP contribution in [0.3, 0.4) is 0 Å². The first kappa shape index (κ1) is 12.9. The van der Waals surface area contributed by atoms with E-state index < -0.39 is 0 Å². The van der Waals surface area contributed by atoms with Crippen LogP contribution >= 0.6 is 27.5 Å². The first-order valence-electron chi connectivity index (χ1n) is 5.58. The number of benzene rings is 1. The second-order valence-corrected chi connectivity index (χ2v) is 5.48. The molecule has 0 saturated carbocycles. The third-order valence-electron chi connectivity index (χ3n) is 2.88. The number of hydrogen-bond acceptors (Lipinski definition) is 2. The molecule has 2 rings (SSSR count). The number of hydrogen-bond donors (Lipinski definition) is 2. The van der Waals surface area contributed by atoms with Crippen LogP contribution in [-0.2, 0) is 4.79 Å². The average Bonchev–Trinajstić information content (AvgIpc) is 2.79. The number of halogens is 2. The van der Waals surface area contributed by atoms with E-state index >= 15 is 0 Å². The second kappa shape index (κ2) is 5.38. The lowest BCUT2D eigenvalue weighted by Crippen LogP contribution is -2.35. The number of carbonyl (C=O) groups excluding carboxylic acids is 1. The van der Waals surface area contributed by atoms with Gasteiger partial charge in [-0.15, -0.1) is 0 Å². The van der Waals surface area contributed by atoms with Crippen LogP contribution in [0, 0.1) is 6.92 Å². The second-order valence-electron chi connectivity index (χ2n) is 4.22. The molecule has 3 nitrogen and oxygen atoms in total. The van der Waals surface area contributed by atoms with Gasteiger partial charge in [-0.2, -0.15) is 0 Å². The minimum absolute atomic E-state index is 0.00289. The van der Waals surface area contributed by atoms with Gasteiger partial charge < -0.3 is 10.6 Å². The summed E-state index contributed by atoms with van der Waals surface area (Å²) < 4.78 is 0.853. The van der Waals surface area contributed by atoms with Gasteiger partial charge in [-0.3, -0.25) is 4.79 Å². The van der Waals surface area contributed by atoms with Gasteiger partial charge in [0.15, 0.2) is 0 Å². The van der Waals surface area contributed by atoms with Gasteiger partial charge in [0, 0.05) is 9.50 Å². The quantitative estimate of drug-likeness (QED) is 0.880. The lowest BCUT2D eigenvalue weighted by molar-refractivity contribution is -0.117. The topological polar surface area (TPSA) is 41.1 Å². The molecule has 1 heterocycles. The van der Waals surface area contributed by atoms with Gasteiger partial charge in [0.2, 0.25) is 5.91 Å². The molecular weight excluding hydrogens is 304 g/mol. The first-order chi connectivity index (χ1) is 8.08. The van der Waals surface area contributed by atoms with Gasteiger partial charge in [0.25, 0.3) is 0 Å². The Bertz CT molecular complexity index is 444. The molecule has 0 aromatic heterocycles. The van der Waals surface area contributed by atoms with Crippen LogP contribution in [0.25, 0.3) is 0 Å². The normalized spacial score (nSPS) is 19.4. The van der Waals surface area contributed by atoms with E-state index in [-0.39, 0.29) is 11.9 Å². The van der Waals surface area contributed by atoms with Crippen molar-refractivity contribution < 1.29 is 4.79 Å². The van der Waals surface area contributed by atoms with E-state index in [2.05, 4.69) is 26.6 Å².